The molecular formula is C12H10O4. The van der Waals surface area contributed by atoms with Gasteiger partial charge in [0.15, 0.2) is 5.92 Å². The van der Waals surface area contributed by atoms with Gasteiger partial charge in [-0.15, -0.1) is 0 Å². The normalized spacial score (nSPS) is 17.4. The van der Waals surface area contributed by atoms with Crippen LogP contribution in [0.3, 0.4) is 0 Å². The van der Waals surface area contributed by atoms with E-state index in [4.69, 9.17) is 10.2 Å². The molecule has 4 nitrogen and oxygen atoms in total. The van der Waals surface area contributed by atoms with Crippen molar-refractivity contribution < 1.29 is 19.8 Å². The Balaban J connectivity index is 2.41. The first-order valence-corrected chi connectivity index (χ1v) is 4.84. The lowest BCUT2D eigenvalue weighted by atomic mass is 9.88. The first kappa shape index (κ1) is 10.4. The molecular weight excluding hydrogens is 208 g/mol. The summed E-state index contributed by atoms with van der Waals surface area (Å²) >= 11 is 0. The summed E-state index contributed by atoms with van der Waals surface area (Å²) in [4.78, 5) is 21.8. The van der Waals surface area contributed by atoms with Crippen molar-refractivity contribution in [2.24, 2.45) is 5.92 Å². The van der Waals surface area contributed by atoms with Gasteiger partial charge in [0.05, 0.1) is 0 Å². The van der Waals surface area contributed by atoms with Gasteiger partial charge >= 0.3 is 11.9 Å². The second kappa shape index (κ2) is 3.81. The third-order valence-electron chi connectivity index (χ3n) is 2.73. The molecule has 1 atom stereocenters. The number of rotatable bonds is 3. The van der Waals surface area contributed by atoms with Crippen molar-refractivity contribution in [3.05, 3.63) is 41.5 Å². The molecule has 16 heavy (non-hydrogen) atoms. The highest BCUT2D eigenvalue weighted by Gasteiger charge is 2.36. The lowest BCUT2D eigenvalue weighted by Crippen LogP contribution is -2.28. The van der Waals surface area contributed by atoms with Crippen LogP contribution in [0, 0.1) is 5.92 Å². The highest BCUT2D eigenvalue weighted by atomic mass is 16.4. The number of benzene rings is 1. The molecule has 0 aromatic heterocycles. The van der Waals surface area contributed by atoms with Gasteiger partial charge in [0, 0.05) is 5.92 Å². The average molecular weight is 218 g/mol. The maximum atomic E-state index is 10.9. The molecule has 0 saturated heterocycles. The molecule has 4 heteroatoms. The topological polar surface area (TPSA) is 74.6 Å². The van der Waals surface area contributed by atoms with Crippen molar-refractivity contribution in [2.75, 3.05) is 0 Å². The lowest BCUT2D eigenvalue weighted by Gasteiger charge is -2.15. The van der Waals surface area contributed by atoms with E-state index >= 15 is 0 Å². The first-order valence-electron chi connectivity index (χ1n) is 4.84. The highest BCUT2D eigenvalue weighted by molar-refractivity contribution is 5.95. The van der Waals surface area contributed by atoms with Crippen LogP contribution in [-0.2, 0) is 9.59 Å². The summed E-state index contributed by atoms with van der Waals surface area (Å²) in [6.07, 6.45) is 3.40. The quantitative estimate of drug-likeness (QED) is 0.755. The Morgan fingerprint density at radius 3 is 2.38 bits per heavy atom. The Kier molecular flexibility index (Phi) is 2.48. The van der Waals surface area contributed by atoms with Crippen LogP contribution in [0.4, 0.5) is 0 Å². The Hall–Kier alpha value is -2.10. The highest BCUT2D eigenvalue weighted by Crippen LogP contribution is 2.35. The Labute approximate surface area is 91.8 Å². The largest absolute Gasteiger partial charge is 0.481 e. The fraction of sp³-hybridized carbons (Fsp3) is 0.167. The summed E-state index contributed by atoms with van der Waals surface area (Å²) in [6.45, 7) is 0. The molecule has 0 saturated carbocycles. The van der Waals surface area contributed by atoms with Gasteiger partial charge in [0.2, 0.25) is 0 Å². The Bertz CT molecular complexity index is 462. The van der Waals surface area contributed by atoms with Gasteiger partial charge in [-0.2, -0.15) is 0 Å². The lowest BCUT2D eigenvalue weighted by molar-refractivity contribution is -0.155. The maximum Gasteiger partial charge on any atom is 0.318 e. The van der Waals surface area contributed by atoms with Crippen LogP contribution in [0.5, 0.6) is 0 Å². The van der Waals surface area contributed by atoms with Crippen LogP contribution in [0.2, 0.25) is 0 Å². The zero-order valence-corrected chi connectivity index (χ0v) is 8.33. The molecule has 1 aliphatic rings. The zero-order valence-electron chi connectivity index (χ0n) is 8.33. The Morgan fingerprint density at radius 1 is 1.12 bits per heavy atom. The monoisotopic (exact) mass is 218 g/mol. The molecule has 0 spiro atoms. The average Bonchev–Trinajstić information content (AvgIpc) is 2.61. The number of aliphatic carboxylic acids is 2. The second-order valence-corrected chi connectivity index (χ2v) is 3.67. The van der Waals surface area contributed by atoms with Crippen LogP contribution in [0.25, 0.3) is 6.08 Å². The molecule has 0 bridgehead atoms. The number of hydrogen-bond donors (Lipinski definition) is 2. The molecule has 0 aliphatic heterocycles. The summed E-state index contributed by atoms with van der Waals surface area (Å²) < 4.78 is 0. The molecule has 1 aliphatic carbocycles. The molecule has 2 N–H and O–H groups in total. The van der Waals surface area contributed by atoms with E-state index in [1.807, 2.05) is 12.1 Å². The summed E-state index contributed by atoms with van der Waals surface area (Å²) in [5.74, 6) is -4.61. The van der Waals surface area contributed by atoms with Crippen molar-refractivity contribution in [3.8, 4) is 0 Å². The van der Waals surface area contributed by atoms with Gasteiger partial charge in [0.25, 0.3) is 0 Å². The molecule has 82 valence electrons. The van der Waals surface area contributed by atoms with Gasteiger partial charge in [-0.1, -0.05) is 36.4 Å². The van der Waals surface area contributed by atoms with Gasteiger partial charge < -0.3 is 10.2 Å². The van der Waals surface area contributed by atoms with Crippen molar-refractivity contribution in [1.29, 1.82) is 0 Å². The zero-order chi connectivity index (χ0) is 11.7. The molecule has 1 unspecified atom stereocenters. The summed E-state index contributed by atoms with van der Waals surface area (Å²) in [6, 6.07) is 7.22. The van der Waals surface area contributed by atoms with E-state index in [0.29, 0.717) is 0 Å². The van der Waals surface area contributed by atoms with E-state index < -0.39 is 23.8 Å². The van der Waals surface area contributed by atoms with Gasteiger partial charge in [-0.05, 0) is 11.1 Å². The fourth-order valence-electron chi connectivity index (χ4n) is 1.98. The van der Waals surface area contributed by atoms with Crippen molar-refractivity contribution >= 4 is 18.0 Å². The van der Waals surface area contributed by atoms with Crippen LogP contribution in [0.15, 0.2) is 30.3 Å². The molecule has 1 aromatic rings. The van der Waals surface area contributed by atoms with Crippen molar-refractivity contribution in [2.45, 2.75) is 5.92 Å². The fourth-order valence-corrected chi connectivity index (χ4v) is 1.98. The molecule has 0 fully saturated rings. The maximum absolute atomic E-state index is 10.9. The summed E-state index contributed by atoms with van der Waals surface area (Å²) in [5, 5.41) is 17.8. The van der Waals surface area contributed by atoms with Crippen LogP contribution >= 0.6 is 0 Å². The summed E-state index contributed by atoms with van der Waals surface area (Å²) in [5.41, 5.74) is 1.65. The molecule has 1 aromatic carbocycles. The second-order valence-electron chi connectivity index (χ2n) is 3.67. The smallest absolute Gasteiger partial charge is 0.318 e. The SMILES string of the molecule is O=C(O)C(C(=O)O)C1C=Cc2ccccc21. The number of carbonyl (C=O) groups is 2. The number of fused-ring (bicyclic) bond motifs is 1. The van der Waals surface area contributed by atoms with E-state index in [-0.39, 0.29) is 0 Å². The van der Waals surface area contributed by atoms with E-state index in [0.717, 1.165) is 11.1 Å². The third-order valence-corrected chi connectivity index (χ3v) is 2.73. The molecule has 0 radical (unpaired) electrons. The van der Waals surface area contributed by atoms with Gasteiger partial charge in [-0.25, -0.2) is 0 Å². The van der Waals surface area contributed by atoms with Crippen molar-refractivity contribution in [1.82, 2.24) is 0 Å². The Morgan fingerprint density at radius 2 is 1.75 bits per heavy atom. The number of carboxylic acids is 2. The van der Waals surface area contributed by atoms with E-state index in [2.05, 4.69) is 0 Å². The number of hydrogen-bond acceptors (Lipinski definition) is 2. The van der Waals surface area contributed by atoms with Crippen LogP contribution in [-0.4, -0.2) is 22.2 Å². The van der Waals surface area contributed by atoms with Crippen LogP contribution in [0.1, 0.15) is 17.0 Å². The predicted molar refractivity (Wildman–Crippen MR) is 57.0 cm³/mol. The minimum absolute atomic E-state index is 0.578. The number of allylic oxidation sites excluding steroid dienone is 1. The number of carboxylic acid groups (broad SMARTS) is 2. The van der Waals surface area contributed by atoms with Crippen molar-refractivity contribution in [3.63, 3.8) is 0 Å². The molecule has 2 rings (SSSR count). The predicted octanol–water partition coefficient (Wildman–Crippen LogP) is 1.58. The molecule has 0 amide bonds. The van der Waals surface area contributed by atoms with Gasteiger partial charge in [-0.3, -0.25) is 9.59 Å². The third kappa shape index (κ3) is 1.58. The van der Waals surface area contributed by atoms with E-state index in [1.54, 1.807) is 24.3 Å². The standard InChI is InChI=1S/C12H10O4/c13-11(14)10(12(15)16)9-6-5-7-3-1-2-4-8(7)9/h1-6,9-10H,(H,13,14)(H,15,16). The van der Waals surface area contributed by atoms with Gasteiger partial charge in [0.1, 0.15) is 0 Å². The minimum Gasteiger partial charge on any atom is -0.481 e. The van der Waals surface area contributed by atoms with E-state index in [9.17, 15) is 9.59 Å². The van der Waals surface area contributed by atoms with Crippen LogP contribution < -0.4 is 0 Å². The van der Waals surface area contributed by atoms with E-state index in [1.165, 1.54) is 0 Å². The first-order chi connectivity index (χ1) is 7.61. The minimum atomic E-state index is -1.42. The summed E-state index contributed by atoms with van der Waals surface area (Å²) in [7, 11) is 0. The molecule has 0 heterocycles.